The molecule has 0 spiro atoms. The third-order valence-corrected chi connectivity index (χ3v) is 8.56. The average Bonchev–Trinajstić information content (AvgIpc) is 3.54. The van der Waals surface area contributed by atoms with Crippen molar-refractivity contribution in [3.05, 3.63) is 65.7 Å². The average molecular weight is 635 g/mol. The van der Waals surface area contributed by atoms with Crippen LogP contribution in [0.1, 0.15) is 69.9 Å². The summed E-state index contributed by atoms with van der Waals surface area (Å²) in [7, 11) is 0. The molecule has 0 unspecified atom stereocenters. The van der Waals surface area contributed by atoms with Crippen molar-refractivity contribution < 1.29 is 33.8 Å². The summed E-state index contributed by atoms with van der Waals surface area (Å²) in [5.41, 5.74) is 1.64. The molecule has 0 saturated carbocycles. The molecule has 2 fully saturated rings. The Hall–Kier alpha value is -4.25. The Kier molecular flexibility index (Phi) is 12.7. The van der Waals surface area contributed by atoms with Crippen molar-refractivity contribution in [2.24, 2.45) is 0 Å². The Morgan fingerprint density at radius 2 is 1.48 bits per heavy atom. The normalized spacial score (nSPS) is 22.9. The maximum absolute atomic E-state index is 14.0. The number of unbranched alkanes of at least 4 members (excludes halogenated alkanes) is 2. The zero-order chi connectivity index (χ0) is 33.1. The van der Waals surface area contributed by atoms with Crippen molar-refractivity contribution in [2.45, 2.75) is 102 Å². The third kappa shape index (κ3) is 9.62. The molecule has 2 aromatic carbocycles. The molecule has 5 atom stereocenters. The van der Waals surface area contributed by atoms with Crippen LogP contribution in [0.4, 0.5) is 0 Å². The first-order valence-electron chi connectivity index (χ1n) is 16.3. The SMILES string of the molecule is CCOc1ccc(C[C@H]2NC(=O)[C@H](CCCCCC(=O)[C@@H](C)O)NC(=O)[C@H]3CCCN3C(=O)[C@H](Cc3ccccc3)NC2=O)cc1. The van der Waals surface area contributed by atoms with Gasteiger partial charge < -0.3 is 30.7 Å². The summed E-state index contributed by atoms with van der Waals surface area (Å²) in [5.74, 6) is -1.27. The highest BCUT2D eigenvalue weighted by atomic mass is 16.5. The molecule has 0 aromatic heterocycles. The van der Waals surface area contributed by atoms with Gasteiger partial charge in [0.05, 0.1) is 6.61 Å². The summed E-state index contributed by atoms with van der Waals surface area (Å²) < 4.78 is 5.54. The number of amides is 4. The Labute approximate surface area is 270 Å². The van der Waals surface area contributed by atoms with Crippen molar-refractivity contribution in [3.63, 3.8) is 0 Å². The number of ketones is 1. The maximum Gasteiger partial charge on any atom is 0.246 e. The van der Waals surface area contributed by atoms with Gasteiger partial charge in [0.1, 0.15) is 36.0 Å². The van der Waals surface area contributed by atoms with Crippen molar-refractivity contribution in [2.75, 3.05) is 13.2 Å². The Morgan fingerprint density at radius 1 is 0.848 bits per heavy atom. The molecule has 2 saturated heterocycles. The summed E-state index contributed by atoms with van der Waals surface area (Å²) in [6.45, 7) is 4.22. The van der Waals surface area contributed by atoms with Gasteiger partial charge in [-0.3, -0.25) is 24.0 Å². The number of carbonyl (C=O) groups is 5. The highest BCUT2D eigenvalue weighted by Crippen LogP contribution is 2.22. The number of Topliss-reactive ketones (excluding diaryl/α,β-unsaturated/α-hetero) is 1. The molecule has 0 radical (unpaired) electrons. The van der Waals surface area contributed by atoms with Crippen LogP contribution in [-0.2, 0) is 36.8 Å². The van der Waals surface area contributed by atoms with E-state index in [9.17, 15) is 29.1 Å². The minimum absolute atomic E-state index is 0.157. The van der Waals surface area contributed by atoms with Crippen LogP contribution in [0.5, 0.6) is 5.75 Å². The van der Waals surface area contributed by atoms with Crippen LogP contribution in [0.25, 0.3) is 0 Å². The third-order valence-electron chi connectivity index (χ3n) is 8.56. The van der Waals surface area contributed by atoms with E-state index in [2.05, 4.69) is 16.0 Å². The van der Waals surface area contributed by atoms with Crippen LogP contribution >= 0.6 is 0 Å². The highest BCUT2D eigenvalue weighted by Gasteiger charge is 2.40. The molecule has 11 heteroatoms. The second-order valence-electron chi connectivity index (χ2n) is 12.1. The Bertz CT molecular complexity index is 1350. The van der Waals surface area contributed by atoms with Gasteiger partial charge in [0.2, 0.25) is 23.6 Å². The molecule has 4 N–H and O–H groups in total. The van der Waals surface area contributed by atoms with Gasteiger partial charge in [0.15, 0.2) is 5.78 Å². The van der Waals surface area contributed by atoms with E-state index < -0.39 is 48.0 Å². The molecule has 0 bridgehead atoms. The van der Waals surface area contributed by atoms with E-state index in [-0.39, 0.29) is 37.4 Å². The predicted molar refractivity (Wildman–Crippen MR) is 172 cm³/mol. The van der Waals surface area contributed by atoms with Crippen molar-refractivity contribution in [3.8, 4) is 5.75 Å². The number of hydrogen-bond donors (Lipinski definition) is 4. The second kappa shape index (κ2) is 16.9. The summed E-state index contributed by atoms with van der Waals surface area (Å²) in [4.78, 5) is 68.6. The highest BCUT2D eigenvalue weighted by molar-refractivity contribution is 5.98. The minimum Gasteiger partial charge on any atom is -0.494 e. The fraction of sp³-hybridized carbons (Fsp3) is 0.514. The van der Waals surface area contributed by atoms with E-state index in [1.54, 1.807) is 12.1 Å². The Morgan fingerprint density at radius 3 is 2.17 bits per heavy atom. The van der Waals surface area contributed by atoms with Crippen LogP contribution < -0.4 is 20.7 Å². The number of aliphatic hydroxyl groups excluding tert-OH is 1. The molecule has 2 aliphatic heterocycles. The van der Waals surface area contributed by atoms with E-state index in [1.165, 1.54) is 11.8 Å². The Balaban J connectivity index is 1.59. The standard InChI is InChI=1S/C35H46N4O7/c1-3-46-26-18-16-25(17-19-26)21-28-33(43)38-29(22-24-11-6-4-7-12-24)35(45)39-20-10-14-30(39)34(44)36-27(32(42)37-28)13-8-5-9-15-31(41)23(2)40/h4,6-7,11-12,16-19,23,27-30,40H,3,5,8-10,13-15,20-22H2,1-2H3,(H,36,44)(H,37,42)(H,38,43)/t23-,27+,28-,29+,30-/m1/s1. The second-order valence-corrected chi connectivity index (χ2v) is 12.1. The zero-order valence-corrected chi connectivity index (χ0v) is 26.7. The number of ether oxygens (including phenoxy) is 1. The monoisotopic (exact) mass is 634 g/mol. The molecule has 46 heavy (non-hydrogen) atoms. The molecule has 0 aliphatic carbocycles. The number of nitrogens with one attached hydrogen (secondary N) is 3. The van der Waals surface area contributed by atoms with Crippen LogP contribution in [-0.4, -0.2) is 82.8 Å². The fourth-order valence-electron chi connectivity index (χ4n) is 6.00. The van der Waals surface area contributed by atoms with Crippen LogP contribution in [0, 0.1) is 0 Å². The lowest BCUT2D eigenvalue weighted by Crippen LogP contribution is -2.61. The van der Waals surface area contributed by atoms with Gasteiger partial charge in [0.25, 0.3) is 0 Å². The number of nitrogens with zero attached hydrogens (tertiary/aromatic N) is 1. The smallest absolute Gasteiger partial charge is 0.246 e. The van der Waals surface area contributed by atoms with Gasteiger partial charge in [0, 0.05) is 25.8 Å². The zero-order valence-electron chi connectivity index (χ0n) is 26.7. The molecule has 248 valence electrons. The molecule has 2 aliphatic rings. The lowest BCUT2D eigenvalue weighted by molar-refractivity contribution is -0.143. The van der Waals surface area contributed by atoms with Gasteiger partial charge >= 0.3 is 0 Å². The van der Waals surface area contributed by atoms with Gasteiger partial charge in [-0.2, -0.15) is 0 Å². The topological polar surface area (TPSA) is 154 Å². The molecule has 4 rings (SSSR count). The minimum atomic E-state index is -1.02. The van der Waals surface area contributed by atoms with Crippen LogP contribution in [0.3, 0.4) is 0 Å². The van der Waals surface area contributed by atoms with E-state index in [0.717, 1.165) is 11.1 Å². The van der Waals surface area contributed by atoms with Gasteiger partial charge in [-0.05, 0) is 62.8 Å². The van der Waals surface area contributed by atoms with E-state index in [1.807, 2.05) is 49.4 Å². The first-order valence-corrected chi connectivity index (χ1v) is 16.3. The van der Waals surface area contributed by atoms with E-state index >= 15 is 0 Å². The number of fused-ring (bicyclic) bond motifs is 1. The lowest BCUT2D eigenvalue weighted by Gasteiger charge is -2.32. The number of hydrogen-bond acceptors (Lipinski definition) is 7. The van der Waals surface area contributed by atoms with E-state index in [4.69, 9.17) is 4.74 Å². The van der Waals surface area contributed by atoms with E-state index in [0.29, 0.717) is 51.0 Å². The van der Waals surface area contributed by atoms with Crippen LogP contribution in [0.15, 0.2) is 54.6 Å². The number of rotatable bonds is 13. The number of carbonyl (C=O) groups excluding carboxylic acids is 5. The van der Waals surface area contributed by atoms with Crippen LogP contribution in [0.2, 0.25) is 0 Å². The quantitative estimate of drug-likeness (QED) is 0.247. The van der Waals surface area contributed by atoms with Gasteiger partial charge in [-0.15, -0.1) is 0 Å². The fourth-order valence-corrected chi connectivity index (χ4v) is 6.00. The van der Waals surface area contributed by atoms with Gasteiger partial charge in [-0.1, -0.05) is 55.3 Å². The summed E-state index contributed by atoms with van der Waals surface area (Å²) >= 11 is 0. The van der Waals surface area contributed by atoms with Crippen molar-refractivity contribution in [1.29, 1.82) is 0 Å². The first kappa shape index (κ1) is 34.6. The largest absolute Gasteiger partial charge is 0.494 e. The molecular formula is C35H46N4O7. The predicted octanol–water partition coefficient (Wildman–Crippen LogP) is 2.23. The molecule has 11 nitrogen and oxygen atoms in total. The summed E-state index contributed by atoms with van der Waals surface area (Å²) in [5, 5.41) is 18.1. The summed E-state index contributed by atoms with van der Waals surface area (Å²) in [6.07, 6.45) is 2.68. The maximum atomic E-state index is 14.0. The summed E-state index contributed by atoms with van der Waals surface area (Å²) in [6, 6.07) is 13.0. The molecule has 2 aromatic rings. The molecular weight excluding hydrogens is 588 g/mol. The number of benzene rings is 2. The molecule has 2 heterocycles. The first-order chi connectivity index (χ1) is 22.2. The van der Waals surface area contributed by atoms with Gasteiger partial charge in [-0.25, -0.2) is 0 Å². The lowest BCUT2D eigenvalue weighted by atomic mass is 9.99. The molecule has 4 amide bonds. The van der Waals surface area contributed by atoms with Crippen molar-refractivity contribution in [1.82, 2.24) is 20.9 Å². The number of aliphatic hydroxyl groups is 1. The van der Waals surface area contributed by atoms with Crippen molar-refractivity contribution >= 4 is 29.4 Å².